The number of ether oxygens (including phenoxy) is 1. The Morgan fingerprint density at radius 1 is 1.24 bits per heavy atom. The van der Waals surface area contributed by atoms with E-state index in [4.69, 9.17) is 4.74 Å². The van der Waals surface area contributed by atoms with Crippen LogP contribution in [0, 0.1) is 5.82 Å². The van der Waals surface area contributed by atoms with Crippen LogP contribution in [0.5, 0.6) is 5.75 Å². The summed E-state index contributed by atoms with van der Waals surface area (Å²) in [6.45, 7) is 2.64. The van der Waals surface area contributed by atoms with Gasteiger partial charge in [0.1, 0.15) is 0 Å². The number of nitrogens with zero attached hydrogens (tertiary/aromatic N) is 4. The minimum Gasteiger partial charge on any atom is -0.494 e. The van der Waals surface area contributed by atoms with E-state index in [1.807, 2.05) is 21.0 Å². The first-order chi connectivity index (χ1) is 10.0. The van der Waals surface area contributed by atoms with E-state index in [1.54, 1.807) is 17.0 Å². The molecule has 0 spiro atoms. The summed E-state index contributed by atoms with van der Waals surface area (Å²) in [5, 5.41) is 3.04. The molecule has 1 heterocycles. The summed E-state index contributed by atoms with van der Waals surface area (Å²) < 4.78 is 18.7. The molecule has 0 radical (unpaired) electrons. The van der Waals surface area contributed by atoms with Gasteiger partial charge in [0.15, 0.2) is 17.4 Å². The molecule has 1 N–H and O–H groups in total. The molecule has 1 aromatic heterocycles. The van der Waals surface area contributed by atoms with Gasteiger partial charge >= 0.3 is 0 Å². The highest BCUT2D eigenvalue weighted by molar-refractivity contribution is 5.59. The molecule has 6 nitrogen and oxygen atoms in total. The van der Waals surface area contributed by atoms with E-state index in [-0.39, 0.29) is 5.75 Å². The molecule has 7 heteroatoms. The molecule has 0 aliphatic rings. The normalized spacial score (nSPS) is 10.3. The van der Waals surface area contributed by atoms with Crippen LogP contribution in [0.4, 0.5) is 16.3 Å². The van der Waals surface area contributed by atoms with Gasteiger partial charge in [0.2, 0.25) is 11.9 Å². The zero-order valence-electron chi connectivity index (χ0n) is 12.5. The number of benzene rings is 1. The van der Waals surface area contributed by atoms with E-state index in [0.29, 0.717) is 29.8 Å². The topological polar surface area (TPSA) is 63.2 Å². The van der Waals surface area contributed by atoms with E-state index in [9.17, 15) is 4.39 Å². The second kappa shape index (κ2) is 6.34. The van der Waals surface area contributed by atoms with Gasteiger partial charge in [-0.05, 0) is 25.1 Å². The molecule has 0 unspecified atom stereocenters. The van der Waals surface area contributed by atoms with Crippen molar-refractivity contribution >= 4 is 11.9 Å². The van der Waals surface area contributed by atoms with Crippen LogP contribution in [-0.2, 0) is 0 Å². The van der Waals surface area contributed by atoms with Gasteiger partial charge in [-0.1, -0.05) is 0 Å². The van der Waals surface area contributed by atoms with Gasteiger partial charge in [-0.3, -0.25) is 0 Å². The minimum atomic E-state index is -0.452. The molecule has 0 fully saturated rings. The zero-order valence-corrected chi connectivity index (χ0v) is 12.5. The number of hydrogen-bond acceptors (Lipinski definition) is 6. The zero-order chi connectivity index (χ0) is 15.4. The van der Waals surface area contributed by atoms with Crippen LogP contribution in [0.25, 0.3) is 11.4 Å². The van der Waals surface area contributed by atoms with Gasteiger partial charge in [-0.2, -0.15) is 15.0 Å². The Balaban J connectivity index is 2.49. The van der Waals surface area contributed by atoms with Gasteiger partial charge in [-0.15, -0.1) is 0 Å². The van der Waals surface area contributed by atoms with Crippen molar-refractivity contribution in [2.75, 3.05) is 38.0 Å². The maximum Gasteiger partial charge on any atom is 0.230 e. The number of halogens is 1. The van der Waals surface area contributed by atoms with Crippen molar-refractivity contribution in [2.24, 2.45) is 0 Å². The molecule has 0 saturated carbocycles. The summed E-state index contributed by atoms with van der Waals surface area (Å²) in [5.74, 6) is 1.11. The van der Waals surface area contributed by atoms with Crippen LogP contribution in [-0.4, -0.2) is 42.7 Å². The predicted octanol–water partition coefficient (Wildman–Crippen LogP) is 2.18. The molecule has 2 aromatic rings. The van der Waals surface area contributed by atoms with Crippen LogP contribution in [0.1, 0.15) is 6.92 Å². The van der Waals surface area contributed by atoms with Gasteiger partial charge in [0.05, 0.1) is 7.11 Å². The summed E-state index contributed by atoms with van der Waals surface area (Å²) in [4.78, 5) is 14.7. The number of aromatic nitrogens is 3. The highest BCUT2D eigenvalue weighted by Crippen LogP contribution is 2.24. The van der Waals surface area contributed by atoms with Crippen molar-refractivity contribution in [3.05, 3.63) is 24.0 Å². The van der Waals surface area contributed by atoms with Crippen LogP contribution >= 0.6 is 0 Å². The van der Waals surface area contributed by atoms with Crippen molar-refractivity contribution in [2.45, 2.75) is 6.92 Å². The van der Waals surface area contributed by atoms with Gasteiger partial charge in [0, 0.05) is 26.2 Å². The van der Waals surface area contributed by atoms with Crippen molar-refractivity contribution < 1.29 is 9.13 Å². The number of hydrogen-bond donors (Lipinski definition) is 1. The predicted molar refractivity (Wildman–Crippen MR) is 80.3 cm³/mol. The largest absolute Gasteiger partial charge is 0.494 e. The number of nitrogens with one attached hydrogen (secondary N) is 1. The standard InChI is InChI=1S/C14H18FN5O/c1-5-16-13-17-12(18-14(19-13)20(2)3)9-6-7-11(21-4)10(15)8-9/h6-8H,5H2,1-4H3,(H,16,17,18,19). The van der Waals surface area contributed by atoms with Crippen molar-refractivity contribution in [3.63, 3.8) is 0 Å². The Labute approximate surface area is 123 Å². The Kier molecular flexibility index (Phi) is 4.52. The Bertz CT molecular complexity index is 633. The maximum atomic E-state index is 13.8. The minimum absolute atomic E-state index is 0.188. The highest BCUT2D eigenvalue weighted by Gasteiger charge is 2.12. The van der Waals surface area contributed by atoms with E-state index < -0.39 is 5.82 Å². The molecule has 0 aliphatic heterocycles. The molecule has 0 amide bonds. The fourth-order valence-corrected chi connectivity index (χ4v) is 1.74. The third-order valence-electron chi connectivity index (χ3n) is 2.77. The smallest absolute Gasteiger partial charge is 0.230 e. The van der Waals surface area contributed by atoms with E-state index in [1.165, 1.54) is 13.2 Å². The lowest BCUT2D eigenvalue weighted by atomic mass is 10.2. The van der Waals surface area contributed by atoms with Crippen molar-refractivity contribution in [3.8, 4) is 17.1 Å². The Morgan fingerprint density at radius 2 is 2.00 bits per heavy atom. The van der Waals surface area contributed by atoms with Crippen LogP contribution in [0.2, 0.25) is 0 Å². The fraction of sp³-hybridized carbons (Fsp3) is 0.357. The van der Waals surface area contributed by atoms with Gasteiger partial charge in [0.25, 0.3) is 0 Å². The van der Waals surface area contributed by atoms with Crippen molar-refractivity contribution in [1.82, 2.24) is 15.0 Å². The monoisotopic (exact) mass is 291 g/mol. The molecule has 0 saturated heterocycles. The second-order valence-corrected chi connectivity index (χ2v) is 4.56. The molecule has 21 heavy (non-hydrogen) atoms. The lowest BCUT2D eigenvalue weighted by Gasteiger charge is -2.13. The SMILES string of the molecule is CCNc1nc(-c2ccc(OC)c(F)c2)nc(N(C)C)n1. The summed E-state index contributed by atoms with van der Waals surface area (Å²) in [6.07, 6.45) is 0. The Morgan fingerprint density at radius 3 is 2.57 bits per heavy atom. The highest BCUT2D eigenvalue weighted by atomic mass is 19.1. The first kappa shape index (κ1) is 15.0. The lowest BCUT2D eigenvalue weighted by molar-refractivity contribution is 0.386. The van der Waals surface area contributed by atoms with Crippen LogP contribution in [0.15, 0.2) is 18.2 Å². The second-order valence-electron chi connectivity index (χ2n) is 4.56. The maximum absolute atomic E-state index is 13.8. The number of rotatable bonds is 5. The number of anilines is 2. The molecular formula is C14H18FN5O. The number of methoxy groups -OCH3 is 1. The Hall–Kier alpha value is -2.44. The quantitative estimate of drug-likeness (QED) is 0.911. The summed E-state index contributed by atoms with van der Waals surface area (Å²) in [6, 6.07) is 4.62. The molecule has 1 aromatic carbocycles. The summed E-state index contributed by atoms with van der Waals surface area (Å²) in [7, 11) is 5.10. The summed E-state index contributed by atoms with van der Waals surface area (Å²) >= 11 is 0. The third-order valence-corrected chi connectivity index (χ3v) is 2.77. The van der Waals surface area contributed by atoms with E-state index in [2.05, 4.69) is 20.3 Å². The van der Waals surface area contributed by atoms with Crippen molar-refractivity contribution in [1.29, 1.82) is 0 Å². The molecule has 0 aliphatic carbocycles. The third kappa shape index (κ3) is 3.36. The molecule has 112 valence electrons. The van der Waals surface area contributed by atoms with Crippen LogP contribution in [0.3, 0.4) is 0 Å². The molecule has 0 bridgehead atoms. The average molecular weight is 291 g/mol. The molecular weight excluding hydrogens is 273 g/mol. The first-order valence-electron chi connectivity index (χ1n) is 6.56. The summed E-state index contributed by atoms with van der Waals surface area (Å²) in [5.41, 5.74) is 0.568. The molecule has 2 rings (SSSR count). The fourth-order valence-electron chi connectivity index (χ4n) is 1.74. The van der Waals surface area contributed by atoms with E-state index in [0.717, 1.165) is 0 Å². The van der Waals surface area contributed by atoms with Gasteiger partial charge in [-0.25, -0.2) is 4.39 Å². The first-order valence-corrected chi connectivity index (χ1v) is 6.56. The lowest BCUT2D eigenvalue weighted by Crippen LogP contribution is -2.15. The average Bonchev–Trinajstić information content (AvgIpc) is 2.47. The van der Waals surface area contributed by atoms with E-state index >= 15 is 0 Å². The molecule has 0 atom stereocenters. The van der Waals surface area contributed by atoms with Gasteiger partial charge < -0.3 is 15.0 Å². The van der Waals surface area contributed by atoms with Crippen LogP contribution < -0.4 is 15.0 Å².